The van der Waals surface area contributed by atoms with E-state index < -0.39 is 6.61 Å². The third-order valence-electron chi connectivity index (χ3n) is 4.70. The van der Waals surface area contributed by atoms with Crippen LogP contribution in [0.1, 0.15) is 23.3 Å². The highest BCUT2D eigenvalue weighted by molar-refractivity contribution is 5.96. The average molecular weight is 399 g/mol. The van der Waals surface area contributed by atoms with Crippen molar-refractivity contribution in [3.63, 3.8) is 0 Å². The highest BCUT2D eigenvalue weighted by Crippen LogP contribution is 2.26. The van der Waals surface area contributed by atoms with Crippen LogP contribution in [-0.4, -0.2) is 34.0 Å². The molecule has 0 unspecified atom stereocenters. The number of imidazole rings is 1. The number of nitrogens with zero attached hydrogens (tertiary/aromatic N) is 3. The minimum Gasteiger partial charge on any atom is -0.451 e. The number of halogens is 2. The number of fused-ring (bicyclic) bond motifs is 2. The third kappa shape index (κ3) is 3.65. The van der Waals surface area contributed by atoms with Crippen molar-refractivity contribution in [2.75, 3.05) is 7.05 Å². The van der Waals surface area contributed by atoms with Crippen LogP contribution < -0.4 is 4.74 Å². The van der Waals surface area contributed by atoms with E-state index in [1.807, 2.05) is 31.2 Å². The van der Waals surface area contributed by atoms with E-state index in [4.69, 9.17) is 4.42 Å². The predicted molar refractivity (Wildman–Crippen MR) is 104 cm³/mol. The summed E-state index contributed by atoms with van der Waals surface area (Å²) >= 11 is 0. The lowest BCUT2D eigenvalue weighted by Crippen LogP contribution is -2.27. The Labute approximate surface area is 165 Å². The molecule has 0 aliphatic heterocycles. The molecular formula is C21H19F2N3O3. The fourth-order valence-electron chi connectivity index (χ4n) is 3.36. The molecule has 0 saturated carbocycles. The summed E-state index contributed by atoms with van der Waals surface area (Å²) in [5.74, 6) is 0.544. The molecule has 0 spiro atoms. The molecule has 0 N–H and O–H groups in total. The zero-order chi connectivity index (χ0) is 20.5. The van der Waals surface area contributed by atoms with Crippen LogP contribution in [0.5, 0.6) is 5.75 Å². The number of furan rings is 1. The molecule has 0 bridgehead atoms. The molecule has 4 rings (SSSR count). The number of aromatic nitrogens is 2. The van der Waals surface area contributed by atoms with E-state index in [0.717, 1.165) is 23.4 Å². The number of benzene rings is 2. The molecule has 8 heteroatoms. The van der Waals surface area contributed by atoms with Gasteiger partial charge in [-0.05, 0) is 37.3 Å². The molecule has 0 aliphatic rings. The Balaban J connectivity index is 1.58. The Morgan fingerprint density at radius 1 is 1.24 bits per heavy atom. The number of amides is 1. The summed E-state index contributed by atoms with van der Waals surface area (Å²) in [4.78, 5) is 19.0. The summed E-state index contributed by atoms with van der Waals surface area (Å²) in [6.45, 7) is 0.137. The van der Waals surface area contributed by atoms with Gasteiger partial charge in [0.05, 0.1) is 17.6 Å². The van der Waals surface area contributed by atoms with Crippen LogP contribution in [-0.2, 0) is 13.1 Å². The first-order chi connectivity index (χ1) is 14.0. The molecule has 0 atom stereocenters. The van der Waals surface area contributed by atoms with Crippen molar-refractivity contribution in [1.29, 1.82) is 0 Å². The number of hydrogen-bond donors (Lipinski definition) is 0. The van der Waals surface area contributed by atoms with E-state index in [2.05, 4.69) is 14.3 Å². The van der Waals surface area contributed by atoms with E-state index in [1.54, 1.807) is 19.2 Å². The largest absolute Gasteiger partial charge is 0.451 e. The lowest BCUT2D eigenvalue weighted by molar-refractivity contribution is -0.0497. The zero-order valence-electron chi connectivity index (χ0n) is 15.9. The number of para-hydroxylation sites is 2. The smallest absolute Gasteiger partial charge is 0.387 e. The van der Waals surface area contributed by atoms with E-state index in [9.17, 15) is 13.6 Å². The first kappa shape index (κ1) is 18.9. The quantitative estimate of drug-likeness (QED) is 0.473. The van der Waals surface area contributed by atoms with Gasteiger partial charge < -0.3 is 18.6 Å². The molecule has 0 radical (unpaired) electrons. The van der Waals surface area contributed by atoms with Gasteiger partial charge in [-0.1, -0.05) is 12.1 Å². The van der Waals surface area contributed by atoms with E-state index >= 15 is 0 Å². The second kappa shape index (κ2) is 7.54. The Hall–Kier alpha value is -3.42. The van der Waals surface area contributed by atoms with E-state index in [-0.39, 0.29) is 17.4 Å². The first-order valence-electron chi connectivity index (χ1n) is 9.14. The van der Waals surface area contributed by atoms with Gasteiger partial charge in [0.2, 0.25) is 0 Å². The second-order valence-electron chi connectivity index (χ2n) is 6.61. The van der Waals surface area contributed by atoms with Crippen LogP contribution >= 0.6 is 0 Å². The van der Waals surface area contributed by atoms with Crippen molar-refractivity contribution >= 4 is 27.9 Å². The topological polar surface area (TPSA) is 60.5 Å². The monoisotopic (exact) mass is 399 g/mol. The Morgan fingerprint density at radius 2 is 2.03 bits per heavy atom. The van der Waals surface area contributed by atoms with Gasteiger partial charge in [0, 0.05) is 25.0 Å². The number of carbonyl (C=O) groups is 1. The summed E-state index contributed by atoms with van der Waals surface area (Å²) < 4.78 is 36.8. The van der Waals surface area contributed by atoms with Crippen LogP contribution in [0, 0.1) is 0 Å². The molecule has 150 valence electrons. The van der Waals surface area contributed by atoms with Crippen molar-refractivity contribution in [3.05, 3.63) is 60.1 Å². The van der Waals surface area contributed by atoms with Crippen LogP contribution in [0.25, 0.3) is 22.0 Å². The van der Waals surface area contributed by atoms with Crippen molar-refractivity contribution in [2.45, 2.75) is 26.6 Å². The first-order valence-corrected chi connectivity index (χ1v) is 9.14. The Morgan fingerprint density at radius 3 is 2.79 bits per heavy atom. The maximum atomic E-state index is 12.8. The molecule has 0 aliphatic carbocycles. The molecule has 2 aromatic carbocycles. The molecule has 0 saturated heterocycles. The van der Waals surface area contributed by atoms with Crippen molar-refractivity contribution < 1.29 is 22.7 Å². The maximum Gasteiger partial charge on any atom is 0.387 e. The van der Waals surface area contributed by atoms with Crippen LogP contribution in [0.2, 0.25) is 0 Å². The highest BCUT2D eigenvalue weighted by atomic mass is 19.3. The summed E-state index contributed by atoms with van der Waals surface area (Å²) in [7, 11) is 1.67. The zero-order valence-corrected chi connectivity index (χ0v) is 15.9. The van der Waals surface area contributed by atoms with Gasteiger partial charge in [-0.25, -0.2) is 4.98 Å². The summed E-state index contributed by atoms with van der Waals surface area (Å²) in [5.41, 5.74) is 2.20. The van der Waals surface area contributed by atoms with Crippen LogP contribution in [0.4, 0.5) is 8.78 Å². The van der Waals surface area contributed by atoms with Crippen molar-refractivity contribution in [2.24, 2.45) is 0 Å². The van der Waals surface area contributed by atoms with Gasteiger partial charge in [0.25, 0.3) is 5.91 Å². The Kier molecular flexibility index (Phi) is 4.92. The summed E-state index contributed by atoms with van der Waals surface area (Å²) in [5, 5.41) is 0.629. The number of rotatable bonds is 6. The fourth-order valence-corrected chi connectivity index (χ4v) is 3.36. The normalized spacial score (nSPS) is 11.5. The molecule has 29 heavy (non-hydrogen) atoms. The second-order valence-corrected chi connectivity index (χ2v) is 6.61. The highest BCUT2D eigenvalue weighted by Gasteiger charge is 2.20. The summed E-state index contributed by atoms with van der Waals surface area (Å²) in [6, 6.07) is 13.7. The number of aryl methyl sites for hydroxylation is 1. The molecule has 1 amide bonds. The minimum atomic E-state index is -2.92. The molecule has 2 heterocycles. The Bertz CT molecular complexity index is 1180. The van der Waals surface area contributed by atoms with Crippen LogP contribution in [0.3, 0.4) is 0 Å². The molecular weight excluding hydrogens is 380 g/mol. The number of alkyl halides is 2. The molecule has 2 aromatic heterocycles. The fraction of sp³-hybridized carbons (Fsp3) is 0.238. The van der Waals surface area contributed by atoms with E-state index in [0.29, 0.717) is 17.5 Å². The van der Waals surface area contributed by atoms with Gasteiger partial charge in [0.1, 0.15) is 17.2 Å². The molecule has 0 fully saturated rings. The standard InChI is InChI=1S/C21H19F2N3O3/c1-3-26-16-7-5-4-6-15(16)24-19(26)12-25(2)20(27)18-10-13-8-9-14(28-21(22)23)11-17(13)29-18/h4-11,21H,3,12H2,1-2H3. The van der Waals surface area contributed by atoms with Gasteiger partial charge in [-0.15, -0.1) is 0 Å². The predicted octanol–water partition coefficient (Wildman–Crippen LogP) is 4.68. The van der Waals surface area contributed by atoms with Gasteiger partial charge in [0.15, 0.2) is 5.76 Å². The third-order valence-corrected chi connectivity index (χ3v) is 4.70. The summed E-state index contributed by atoms with van der Waals surface area (Å²) in [6.07, 6.45) is 0. The van der Waals surface area contributed by atoms with Gasteiger partial charge >= 0.3 is 6.61 Å². The minimum absolute atomic E-state index is 0.0223. The number of carbonyl (C=O) groups excluding carboxylic acids is 1. The maximum absolute atomic E-state index is 12.8. The lowest BCUT2D eigenvalue weighted by atomic mass is 10.2. The number of ether oxygens (including phenoxy) is 1. The van der Waals surface area contributed by atoms with Gasteiger partial charge in [-0.2, -0.15) is 8.78 Å². The molecule has 4 aromatic rings. The van der Waals surface area contributed by atoms with Crippen molar-refractivity contribution in [3.8, 4) is 5.75 Å². The van der Waals surface area contributed by atoms with Crippen molar-refractivity contribution in [1.82, 2.24) is 14.5 Å². The average Bonchev–Trinajstić information content (AvgIpc) is 3.26. The molecule has 6 nitrogen and oxygen atoms in total. The van der Waals surface area contributed by atoms with E-state index in [1.165, 1.54) is 17.0 Å². The lowest BCUT2D eigenvalue weighted by Gasteiger charge is -2.16. The van der Waals surface area contributed by atoms with Crippen LogP contribution in [0.15, 0.2) is 52.9 Å². The van der Waals surface area contributed by atoms with Gasteiger partial charge in [-0.3, -0.25) is 4.79 Å². The number of hydrogen-bond acceptors (Lipinski definition) is 4. The SMILES string of the molecule is CCn1c(CN(C)C(=O)c2cc3ccc(OC(F)F)cc3o2)nc2ccccc21.